The second-order valence-electron chi connectivity index (χ2n) is 2.38. The van der Waals surface area contributed by atoms with Gasteiger partial charge in [-0.05, 0) is 13.8 Å². The lowest BCUT2D eigenvalue weighted by Crippen LogP contribution is -2.03. The van der Waals surface area contributed by atoms with Crippen LogP contribution in [0.5, 0.6) is 0 Å². The highest BCUT2D eigenvalue weighted by atomic mass is 16.5. The van der Waals surface area contributed by atoms with E-state index < -0.39 is 5.97 Å². The molecule has 0 rings (SSSR count). The molecule has 0 aliphatic heterocycles. The van der Waals surface area contributed by atoms with Crippen LogP contribution in [0, 0.1) is 0 Å². The maximum atomic E-state index is 9.25. The van der Waals surface area contributed by atoms with Crippen molar-refractivity contribution >= 4 is 5.97 Å². The van der Waals surface area contributed by atoms with Crippen LogP contribution in [0.4, 0.5) is 0 Å². The Hall–Kier alpha value is -0.950. The van der Waals surface area contributed by atoms with E-state index >= 15 is 0 Å². The van der Waals surface area contributed by atoms with Crippen LogP contribution in [0.2, 0.25) is 0 Å². The quantitative estimate of drug-likeness (QED) is 0.445. The third kappa shape index (κ3) is 51.6. The van der Waals surface area contributed by atoms with Crippen LogP contribution in [-0.4, -0.2) is 60.9 Å². The summed E-state index contributed by atoms with van der Waals surface area (Å²) in [5.41, 5.74) is 0. The second-order valence-corrected chi connectivity index (χ2v) is 2.38. The summed E-state index contributed by atoms with van der Waals surface area (Å²) in [6, 6.07) is 0. The van der Waals surface area contributed by atoms with E-state index in [1.807, 2.05) is 13.8 Å². The van der Waals surface area contributed by atoms with E-state index in [0.29, 0.717) is 13.2 Å². The molecule has 0 bridgehead atoms. The van der Waals surface area contributed by atoms with Gasteiger partial charge in [0.05, 0.1) is 26.4 Å². The zero-order chi connectivity index (χ0) is 13.9. The van der Waals surface area contributed by atoms with Gasteiger partial charge in [0.1, 0.15) is 0 Å². The molecule has 6 nitrogen and oxygen atoms in total. The van der Waals surface area contributed by atoms with Crippen molar-refractivity contribution < 1.29 is 29.6 Å². The lowest BCUT2D eigenvalue weighted by Gasteiger charge is -1.94. The molecule has 0 aliphatic carbocycles. The molecule has 0 aromatic carbocycles. The number of ether oxygens (including phenoxy) is 2. The molecule has 6 heteroatoms. The van der Waals surface area contributed by atoms with E-state index in [0.717, 1.165) is 19.3 Å². The highest BCUT2D eigenvalue weighted by Crippen LogP contribution is 1.68. The van der Waals surface area contributed by atoms with Gasteiger partial charge in [-0.15, -0.1) is 0 Å². The molecule has 0 atom stereocenters. The molecule has 0 radical (unpaired) electrons. The van der Waals surface area contributed by atoms with E-state index in [-0.39, 0.29) is 13.2 Å². The standard InChI is InChI=1S/C4H10O3.C4H10O.C3H4O2/c5-1-3-7-4-2-6;1-3-5-4-2;1-2-3(4)5/h5-6H,1-4H2;3-4H2,1-2H3;2H,1H2,(H,4,5). The molecule has 0 heterocycles. The SMILES string of the molecule is C=CC(=O)O.CCOCC.OCCOCCO. The van der Waals surface area contributed by atoms with Crippen molar-refractivity contribution in [3.05, 3.63) is 12.7 Å². The molecule has 0 saturated carbocycles. The molecule has 0 unspecified atom stereocenters. The number of rotatable bonds is 7. The van der Waals surface area contributed by atoms with Crippen LogP contribution >= 0.6 is 0 Å². The predicted molar refractivity (Wildman–Crippen MR) is 65.0 cm³/mol. The van der Waals surface area contributed by atoms with Crippen LogP contribution in [-0.2, 0) is 14.3 Å². The number of aliphatic carboxylic acids is 1. The summed E-state index contributed by atoms with van der Waals surface area (Å²) in [5.74, 6) is -0.981. The van der Waals surface area contributed by atoms with Gasteiger partial charge in [0.2, 0.25) is 0 Å². The number of carboxylic acids is 1. The highest BCUT2D eigenvalue weighted by Gasteiger charge is 1.79. The summed E-state index contributed by atoms with van der Waals surface area (Å²) in [6.07, 6.45) is 0.833. The van der Waals surface area contributed by atoms with Crippen LogP contribution in [0.25, 0.3) is 0 Å². The Kier molecular flexibility index (Phi) is 30.6. The fourth-order valence-electron chi connectivity index (χ4n) is 0.435. The number of carbonyl (C=O) groups is 1. The molecule has 0 saturated heterocycles. The van der Waals surface area contributed by atoms with Crippen LogP contribution in [0.1, 0.15) is 13.8 Å². The van der Waals surface area contributed by atoms with Crippen molar-refractivity contribution in [3.8, 4) is 0 Å². The lowest BCUT2D eigenvalue weighted by molar-refractivity contribution is -0.131. The van der Waals surface area contributed by atoms with Crippen molar-refractivity contribution in [2.24, 2.45) is 0 Å². The van der Waals surface area contributed by atoms with Crippen molar-refractivity contribution in [2.45, 2.75) is 13.8 Å². The molecule has 104 valence electrons. The first kappa shape index (κ1) is 21.3. The monoisotopic (exact) mass is 252 g/mol. The molecule has 0 aliphatic rings. The van der Waals surface area contributed by atoms with E-state index in [4.69, 9.17) is 20.1 Å². The van der Waals surface area contributed by atoms with Crippen molar-refractivity contribution in [1.29, 1.82) is 0 Å². The van der Waals surface area contributed by atoms with Gasteiger partial charge in [0.15, 0.2) is 0 Å². The van der Waals surface area contributed by atoms with Crippen LogP contribution < -0.4 is 0 Å². The average Bonchev–Trinajstić information content (AvgIpc) is 2.32. The van der Waals surface area contributed by atoms with Gasteiger partial charge in [-0.3, -0.25) is 0 Å². The first-order chi connectivity index (χ1) is 8.10. The Morgan fingerprint density at radius 1 is 1.12 bits per heavy atom. The fourth-order valence-corrected chi connectivity index (χ4v) is 0.435. The number of hydrogen-bond donors (Lipinski definition) is 3. The molecule has 0 amide bonds. The molecule has 17 heavy (non-hydrogen) atoms. The highest BCUT2D eigenvalue weighted by molar-refractivity contribution is 5.78. The van der Waals surface area contributed by atoms with Crippen molar-refractivity contribution in [3.63, 3.8) is 0 Å². The Labute approximate surface area is 102 Å². The largest absolute Gasteiger partial charge is 0.478 e. The Morgan fingerprint density at radius 3 is 1.59 bits per heavy atom. The van der Waals surface area contributed by atoms with E-state index in [1.54, 1.807) is 0 Å². The summed E-state index contributed by atoms with van der Waals surface area (Å²) < 4.78 is 9.47. The average molecular weight is 252 g/mol. The summed E-state index contributed by atoms with van der Waals surface area (Å²) in [4.78, 5) is 9.25. The maximum Gasteiger partial charge on any atom is 0.327 e. The smallest absolute Gasteiger partial charge is 0.327 e. The number of hydrogen-bond acceptors (Lipinski definition) is 5. The van der Waals surface area contributed by atoms with Crippen molar-refractivity contribution in [1.82, 2.24) is 0 Å². The lowest BCUT2D eigenvalue weighted by atomic mass is 10.7. The van der Waals surface area contributed by atoms with E-state index in [9.17, 15) is 4.79 Å². The molecule has 0 spiro atoms. The Balaban J connectivity index is -0.000000177. The normalized spacial score (nSPS) is 8.24. The summed E-state index contributed by atoms with van der Waals surface area (Å²) >= 11 is 0. The summed E-state index contributed by atoms with van der Waals surface area (Å²) in [5, 5.41) is 23.8. The molecular formula is C11H24O6. The zero-order valence-corrected chi connectivity index (χ0v) is 10.6. The number of carboxylic acid groups (broad SMARTS) is 1. The van der Waals surface area contributed by atoms with E-state index in [2.05, 4.69) is 11.3 Å². The van der Waals surface area contributed by atoms with Gasteiger partial charge in [0, 0.05) is 19.3 Å². The molecule has 0 fully saturated rings. The third-order valence-electron chi connectivity index (χ3n) is 1.05. The fraction of sp³-hybridized carbons (Fsp3) is 0.727. The number of aliphatic hydroxyl groups excluding tert-OH is 2. The van der Waals surface area contributed by atoms with Gasteiger partial charge >= 0.3 is 5.97 Å². The third-order valence-corrected chi connectivity index (χ3v) is 1.05. The zero-order valence-electron chi connectivity index (χ0n) is 10.6. The van der Waals surface area contributed by atoms with E-state index in [1.165, 1.54) is 0 Å². The first-order valence-corrected chi connectivity index (χ1v) is 5.33. The van der Waals surface area contributed by atoms with Gasteiger partial charge in [-0.25, -0.2) is 4.79 Å². The second kappa shape index (κ2) is 24.3. The van der Waals surface area contributed by atoms with Gasteiger partial charge < -0.3 is 24.8 Å². The molecular weight excluding hydrogens is 228 g/mol. The summed E-state index contributed by atoms with van der Waals surface area (Å²) in [7, 11) is 0. The van der Waals surface area contributed by atoms with Gasteiger partial charge in [-0.1, -0.05) is 6.58 Å². The topological polar surface area (TPSA) is 96.2 Å². The van der Waals surface area contributed by atoms with Gasteiger partial charge in [-0.2, -0.15) is 0 Å². The molecule has 0 aromatic rings. The maximum absolute atomic E-state index is 9.25. The predicted octanol–water partition coefficient (Wildman–Crippen LogP) is 0.287. The van der Waals surface area contributed by atoms with Crippen LogP contribution in [0.15, 0.2) is 12.7 Å². The minimum atomic E-state index is -0.981. The number of aliphatic hydroxyl groups is 2. The Bertz CT molecular complexity index is 143. The summed E-state index contributed by atoms with van der Waals surface area (Å²) in [6.45, 7) is 9.32. The first-order valence-electron chi connectivity index (χ1n) is 5.33. The minimum absolute atomic E-state index is 0.0278. The molecule has 3 N–H and O–H groups in total. The molecule has 0 aromatic heterocycles. The minimum Gasteiger partial charge on any atom is -0.478 e. The van der Waals surface area contributed by atoms with Crippen LogP contribution in [0.3, 0.4) is 0 Å². The Morgan fingerprint density at radius 2 is 1.47 bits per heavy atom. The van der Waals surface area contributed by atoms with Gasteiger partial charge in [0.25, 0.3) is 0 Å². The van der Waals surface area contributed by atoms with Crippen molar-refractivity contribution in [2.75, 3.05) is 39.6 Å².